The number of piperidine rings is 1. The van der Waals surface area contributed by atoms with Crippen LogP contribution < -0.4 is 0 Å². The van der Waals surface area contributed by atoms with E-state index in [0.717, 1.165) is 4.31 Å². The van der Waals surface area contributed by atoms with Crippen molar-refractivity contribution in [1.29, 1.82) is 0 Å². The zero-order valence-corrected chi connectivity index (χ0v) is 14.6. The molecule has 1 aliphatic heterocycles. The lowest BCUT2D eigenvalue weighted by atomic mass is 10.0. The van der Waals surface area contributed by atoms with Crippen LogP contribution in [0.2, 0.25) is 0 Å². The Kier molecular flexibility index (Phi) is 5.59. The highest BCUT2D eigenvalue weighted by atomic mass is 32.2. The van der Waals surface area contributed by atoms with Crippen molar-refractivity contribution < 1.29 is 26.7 Å². The molecule has 0 saturated carbocycles. The summed E-state index contributed by atoms with van der Waals surface area (Å²) in [5.41, 5.74) is -0.0909. The fourth-order valence-corrected chi connectivity index (χ4v) is 4.84. The summed E-state index contributed by atoms with van der Waals surface area (Å²) in [6.45, 7) is 1.89. The van der Waals surface area contributed by atoms with Crippen molar-refractivity contribution in [2.24, 2.45) is 5.92 Å². The molecule has 10 heteroatoms. The number of carbonyl (C=O) groups is 1. The van der Waals surface area contributed by atoms with Gasteiger partial charge in [-0.1, -0.05) is 0 Å². The number of aromatic nitrogens is 2. The summed E-state index contributed by atoms with van der Waals surface area (Å²) >= 11 is 0. The molecule has 0 N–H and O–H groups in total. The molecule has 1 fully saturated rings. The number of hydrogen-bond acceptors (Lipinski definition) is 5. The minimum atomic E-state index is -4.01. The lowest BCUT2D eigenvalue weighted by Gasteiger charge is -2.30. The van der Waals surface area contributed by atoms with Crippen LogP contribution in [0.4, 0.5) is 8.78 Å². The molecule has 0 aliphatic carbocycles. The summed E-state index contributed by atoms with van der Waals surface area (Å²) in [6, 6.07) is 0. The third-order valence-corrected chi connectivity index (χ3v) is 6.16. The first-order valence-corrected chi connectivity index (χ1v) is 9.14. The Morgan fingerprint density at radius 3 is 2.62 bits per heavy atom. The lowest BCUT2D eigenvalue weighted by molar-refractivity contribution is -0.149. The first kappa shape index (κ1) is 18.8. The fourth-order valence-electron chi connectivity index (χ4n) is 2.95. The van der Waals surface area contributed by atoms with E-state index in [1.165, 1.54) is 13.8 Å². The van der Waals surface area contributed by atoms with Crippen LogP contribution in [0.15, 0.2) is 4.90 Å². The van der Waals surface area contributed by atoms with E-state index in [1.54, 1.807) is 6.92 Å². The molecule has 1 atom stereocenters. The monoisotopic (exact) mass is 365 g/mol. The first-order valence-electron chi connectivity index (χ1n) is 7.70. The molecule has 0 bridgehead atoms. The number of aryl methyl sites for hydroxylation is 1. The zero-order valence-electron chi connectivity index (χ0n) is 13.8. The van der Waals surface area contributed by atoms with Crippen molar-refractivity contribution in [3.8, 4) is 0 Å². The molecule has 2 heterocycles. The molecule has 1 unspecified atom stereocenters. The maximum Gasteiger partial charge on any atom is 0.333 e. The Labute approximate surface area is 139 Å². The van der Waals surface area contributed by atoms with Gasteiger partial charge in [0.1, 0.15) is 4.90 Å². The molecule has 1 saturated heterocycles. The van der Waals surface area contributed by atoms with Gasteiger partial charge >= 0.3 is 12.5 Å². The highest BCUT2D eigenvalue weighted by Gasteiger charge is 2.37. The van der Waals surface area contributed by atoms with Gasteiger partial charge in [-0.25, -0.2) is 13.1 Å². The van der Waals surface area contributed by atoms with Crippen LogP contribution in [-0.2, 0) is 19.6 Å². The van der Waals surface area contributed by atoms with Crippen molar-refractivity contribution in [2.75, 3.05) is 19.7 Å². The van der Waals surface area contributed by atoms with E-state index < -0.39 is 28.5 Å². The van der Waals surface area contributed by atoms with Crippen molar-refractivity contribution >= 4 is 16.0 Å². The SMILES string of the molecule is CCOC(=O)C1CCCN(S(=O)(=O)c2c(C)nn(C(F)F)c2C)C1. The average Bonchev–Trinajstić information content (AvgIpc) is 2.83. The van der Waals surface area contributed by atoms with Gasteiger partial charge in [0.15, 0.2) is 0 Å². The van der Waals surface area contributed by atoms with E-state index in [9.17, 15) is 22.0 Å². The molecule has 0 radical (unpaired) electrons. The number of esters is 1. The van der Waals surface area contributed by atoms with Gasteiger partial charge in [-0.05, 0) is 33.6 Å². The molecule has 0 spiro atoms. The van der Waals surface area contributed by atoms with Gasteiger partial charge in [0, 0.05) is 13.1 Å². The van der Waals surface area contributed by atoms with E-state index in [4.69, 9.17) is 4.74 Å². The maximum atomic E-state index is 12.9. The van der Waals surface area contributed by atoms with Gasteiger partial charge in [0.25, 0.3) is 0 Å². The number of hydrogen-bond donors (Lipinski definition) is 0. The third kappa shape index (κ3) is 3.44. The minimum absolute atomic E-state index is 0.0140. The number of alkyl halides is 2. The summed E-state index contributed by atoms with van der Waals surface area (Å²) in [7, 11) is -4.01. The van der Waals surface area contributed by atoms with Gasteiger partial charge < -0.3 is 4.74 Å². The largest absolute Gasteiger partial charge is 0.466 e. The van der Waals surface area contributed by atoms with E-state index in [-0.39, 0.29) is 36.0 Å². The highest BCUT2D eigenvalue weighted by molar-refractivity contribution is 7.89. The van der Waals surface area contributed by atoms with Crippen LogP contribution in [0.1, 0.15) is 37.7 Å². The number of nitrogens with zero attached hydrogens (tertiary/aromatic N) is 3. The van der Waals surface area contributed by atoms with E-state index >= 15 is 0 Å². The van der Waals surface area contributed by atoms with Crippen molar-refractivity contribution in [3.63, 3.8) is 0 Å². The molecule has 1 aromatic rings. The molecule has 1 aromatic heterocycles. The molecule has 0 amide bonds. The third-order valence-electron chi connectivity index (χ3n) is 4.05. The Morgan fingerprint density at radius 2 is 2.08 bits per heavy atom. The number of sulfonamides is 1. The van der Waals surface area contributed by atoms with Gasteiger partial charge in [-0.15, -0.1) is 0 Å². The number of halogens is 2. The maximum absolute atomic E-state index is 12.9. The van der Waals surface area contributed by atoms with Crippen molar-refractivity contribution in [1.82, 2.24) is 14.1 Å². The molecule has 7 nitrogen and oxygen atoms in total. The zero-order chi connectivity index (χ0) is 18.1. The van der Waals surface area contributed by atoms with E-state index in [0.29, 0.717) is 17.5 Å². The molecular weight excluding hydrogens is 344 g/mol. The second kappa shape index (κ2) is 7.14. The standard InChI is InChI=1S/C14H21F2N3O4S/c1-4-23-13(20)11-6-5-7-18(8-11)24(21,22)12-9(2)17-19(10(12)3)14(15)16/h11,14H,4-8H2,1-3H3. The van der Waals surface area contributed by atoms with Crippen molar-refractivity contribution in [3.05, 3.63) is 11.4 Å². The lowest BCUT2D eigenvalue weighted by Crippen LogP contribution is -2.43. The summed E-state index contributed by atoms with van der Waals surface area (Å²) < 4.78 is 58.1. The Balaban J connectivity index is 2.32. The topological polar surface area (TPSA) is 81.5 Å². The molecule has 2 rings (SSSR count). The predicted molar refractivity (Wildman–Crippen MR) is 81.1 cm³/mol. The number of ether oxygens (including phenoxy) is 1. The van der Waals surface area contributed by atoms with Crippen LogP contribution >= 0.6 is 0 Å². The van der Waals surface area contributed by atoms with E-state index in [2.05, 4.69) is 5.10 Å². The normalized spacial score (nSPS) is 19.7. The summed E-state index contributed by atoms with van der Waals surface area (Å²) in [6.07, 6.45) is 1.04. The highest BCUT2D eigenvalue weighted by Crippen LogP contribution is 2.29. The molecule has 136 valence electrons. The fraction of sp³-hybridized carbons (Fsp3) is 0.714. The van der Waals surface area contributed by atoms with Gasteiger partial charge in [0.05, 0.1) is 23.9 Å². The Hall–Kier alpha value is -1.55. The predicted octanol–water partition coefficient (Wildman–Crippen LogP) is 1.86. The summed E-state index contributed by atoms with van der Waals surface area (Å²) in [5.74, 6) is -0.978. The van der Waals surface area contributed by atoms with Crippen LogP contribution in [-0.4, -0.2) is 48.2 Å². The second-order valence-electron chi connectivity index (χ2n) is 5.68. The van der Waals surface area contributed by atoms with Gasteiger partial charge in [0.2, 0.25) is 10.0 Å². The summed E-state index contributed by atoms with van der Waals surface area (Å²) in [5, 5.41) is 3.62. The number of rotatable bonds is 5. The van der Waals surface area contributed by atoms with Crippen LogP contribution in [0.25, 0.3) is 0 Å². The molecule has 24 heavy (non-hydrogen) atoms. The summed E-state index contributed by atoms with van der Waals surface area (Å²) in [4.78, 5) is 11.7. The average molecular weight is 365 g/mol. The van der Waals surface area contributed by atoms with Gasteiger partial charge in [-0.2, -0.15) is 18.2 Å². The van der Waals surface area contributed by atoms with Gasteiger partial charge in [-0.3, -0.25) is 4.79 Å². The molecular formula is C14H21F2N3O4S. The first-order chi connectivity index (χ1) is 11.2. The molecule has 1 aliphatic rings. The minimum Gasteiger partial charge on any atom is -0.466 e. The second-order valence-corrected chi connectivity index (χ2v) is 7.55. The number of carbonyl (C=O) groups excluding carboxylic acids is 1. The molecule has 0 aromatic carbocycles. The van der Waals surface area contributed by atoms with Crippen LogP contribution in [0.5, 0.6) is 0 Å². The smallest absolute Gasteiger partial charge is 0.333 e. The van der Waals surface area contributed by atoms with Crippen molar-refractivity contribution in [2.45, 2.75) is 45.1 Å². The Bertz CT molecular complexity index is 718. The Morgan fingerprint density at radius 1 is 1.42 bits per heavy atom. The van der Waals surface area contributed by atoms with Crippen LogP contribution in [0.3, 0.4) is 0 Å². The van der Waals surface area contributed by atoms with E-state index in [1.807, 2.05) is 0 Å². The quantitative estimate of drug-likeness (QED) is 0.744. The van der Waals surface area contributed by atoms with Crippen LogP contribution in [0, 0.1) is 19.8 Å².